The molecule has 2 rings (SSSR count). The molecule has 0 heterocycles. The van der Waals surface area contributed by atoms with Crippen LogP contribution in [0.5, 0.6) is 0 Å². The van der Waals surface area contributed by atoms with Gasteiger partial charge in [0, 0.05) is 6.04 Å². The first-order valence-corrected chi connectivity index (χ1v) is 7.02. The topological polar surface area (TPSA) is 83.5 Å². The van der Waals surface area contributed by atoms with Gasteiger partial charge in [-0.15, -0.1) is 0 Å². The fourth-order valence-electron chi connectivity index (χ4n) is 1.84. The van der Waals surface area contributed by atoms with E-state index < -0.39 is 21.9 Å². The van der Waals surface area contributed by atoms with Crippen LogP contribution in [0.1, 0.15) is 19.3 Å². The van der Waals surface area contributed by atoms with Gasteiger partial charge >= 0.3 is 5.97 Å². The molecule has 90 valence electrons. The second kappa shape index (κ2) is 4.18. The number of sulfonamides is 1. The van der Waals surface area contributed by atoms with Crippen molar-refractivity contribution in [2.75, 3.05) is 5.75 Å². The van der Waals surface area contributed by atoms with Crippen molar-refractivity contribution in [2.45, 2.75) is 25.3 Å². The van der Waals surface area contributed by atoms with Crippen molar-refractivity contribution >= 4 is 16.0 Å². The van der Waals surface area contributed by atoms with Crippen molar-refractivity contribution in [3.05, 3.63) is 12.2 Å². The van der Waals surface area contributed by atoms with Gasteiger partial charge in [0.25, 0.3) is 0 Å². The molecule has 0 saturated heterocycles. The Labute approximate surface area is 94.6 Å². The van der Waals surface area contributed by atoms with Crippen LogP contribution in [0.25, 0.3) is 0 Å². The summed E-state index contributed by atoms with van der Waals surface area (Å²) in [5.41, 5.74) is 0. The third-order valence-electron chi connectivity index (χ3n) is 2.88. The third-order valence-corrected chi connectivity index (χ3v) is 4.46. The van der Waals surface area contributed by atoms with E-state index in [0.717, 1.165) is 12.8 Å². The molecule has 2 aliphatic carbocycles. The van der Waals surface area contributed by atoms with Crippen molar-refractivity contribution in [2.24, 2.45) is 11.8 Å². The molecule has 5 nitrogen and oxygen atoms in total. The second-order valence-electron chi connectivity index (χ2n) is 4.51. The lowest BCUT2D eigenvalue weighted by Crippen LogP contribution is -2.35. The molecule has 2 aliphatic rings. The number of hydrogen-bond donors (Lipinski definition) is 2. The first-order valence-electron chi connectivity index (χ1n) is 5.37. The summed E-state index contributed by atoms with van der Waals surface area (Å²) in [5, 5.41) is 8.76. The van der Waals surface area contributed by atoms with Crippen LogP contribution < -0.4 is 4.72 Å². The van der Waals surface area contributed by atoms with Crippen molar-refractivity contribution in [1.29, 1.82) is 0 Å². The van der Waals surface area contributed by atoms with Crippen LogP contribution in [-0.2, 0) is 14.8 Å². The van der Waals surface area contributed by atoms with Gasteiger partial charge in [-0.25, -0.2) is 13.1 Å². The van der Waals surface area contributed by atoms with Gasteiger partial charge in [0.15, 0.2) is 0 Å². The maximum atomic E-state index is 11.6. The monoisotopic (exact) mass is 245 g/mol. The molecule has 1 fully saturated rings. The predicted octanol–water partition coefficient (Wildman–Crippen LogP) is 0.345. The molecule has 0 amide bonds. The molecule has 1 saturated carbocycles. The smallest absolute Gasteiger partial charge is 0.310 e. The van der Waals surface area contributed by atoms with Gasteiger partial charge in [-0.2, -0.15) is 0 Å². The summed E-state index contributed by atoms with van der Waals surface area (Å²) in [6.45, 7) is 0. The molecule has 0 aliphatic heterocycles. The molecule has 0 bridgehead atoms. The minimum atomic E-state index is -3.25. The van der Waals surface area contributed by atoms with E-state index >= 15 is 0 Å². The largest absolute Gasteiger partial charge is 0.481 e. The Kier molecular flexibility index (Phi) is 3.03. The number of carboxylic acids is 1. The molecule has 0 radical (unpaired) electrons. The summed E-state index contributed by atoms with van der Waals surface area (Å²) >= 11 is 0. The lowest BCUT2D eigenvalue weighted by atomic mass is 10.1. The van der Waals surface area contributed by atoms with E-state index in [2.05, 4.69) is 4.72 Å². The zero-order valence-corrected chi connectivity index (χ0v) is 9.61. The van der Waals surface area contributed by atoms with Crippen LogP contribution in [0.2, 0.25) is 0 Å². The van der Waals surface area contributed by atoms with E-state index in [0.29, 0.717) is 12.3 Å². The highest BCUT2D eigenvalue weighted by molar-refractivity contribution is 7.89. The van der Waals surface area contributed by atoms with E-state index in [1.807, 2.05) is 0 Å². The molecule has 0 aromatic rings. The number of hydrogen-bond acceptors (Lipinski definition) is 3. The number of carboxylic acid groups (broad SMARTS) is 1. The Balaban J connectivity index is 1.86. The Hall–Kier alpha value is -0.880. The van der Waals surface area contributed by atoms with Gasteiger partial charge in [-0.3, -0.25) is 4.79 Å². The van der Waals surface area contributed by atoms with Gasteiger partial charge in [0.05, 0.1) is 11.7 Å². The summed E-state index contributed by atoms with van der Waals surface area (Å²) in [4.78, 5) is 10.7. The number of aliphatic carboxylic acids is 1. The van der Waals surface area contributed by atoms with Crippen LogP contribution in [0.3, 0.4) is 0 Å². The average Bonchev–Trinajstić information content (AvgIpc) is 2.80. The number of rotatable bonds is 5. The van der Waals surface area contributed by atoms with E-state index in [9.17, 15) is 13.2 Å². The molecule has 0 spiro atoms. The zero-order valence-electron chi connectivity index (χ0n) is 8.80. The number of carbonyl (C=O) groups is 1. The standard InChI is InChI=1S/C10H15NO4S/c12-10(13)8-3-4-9(5-8)11-16(14,15)6-7-1-2-7/h3-4,7-9,11H,1-2,5-6H2,(H,12,13). The fraction of sp³-hybridized carbons (Fsp3) is 0.700. The van der Waals surface area contributed by atoms with Crippen LogP contribution in [0.4, 0.5) is 0 Å². The van der Waals surface area contributed by atoms with Crippen LogP contribution in [-0.4, -0.2) is 31.3 Å². The highest BCUT2D eigenvalue weighted by Gasteiger charge is 2.31. The Morgan fingerprint density at radius 1 is 1.38 bits per heavy atom. The molecule has 2 N–H and O–H groups in total. The summed E-state index contributed by atoms with van der Waals surface area (Å²) in [6.07, 6.45) is 5.47. The van der Waals surface area contributed by atoms with Crippen molar-refractivity contribution in [1.82, 2.24) is 4.72 Å². The zero-order chi connectivity index (χ0) is 11.8. The maximum Gasteiger partial charge on any atom is 0.310 e. The van der Waals surface area contributed by atoms with Crippen LogP contribution in [0.15, 0.2) is 12.2 Å². The molecular formula is C10H15NO4S. The lowest BCUT2D eigenvalue weighted by molar-refractivity contribution is -0.140. The fourth-order valence-corrected chi connectivity index (χ4v) is 3.53. The van der Waals surface area contributed by atoms with Crippen LogP contribution >= 0.6 is 0 Å². The first kappa shape index (κ1) is 11.6. The van der Waals surface area contributed by atoms with E-state index in [-0.39, 0.29) is 11.8 Å². The van der Waals surface area contributed by atoms with E-state index in [4.69, 9.17) is 5.11 Å². The Bertz CT molecular complexity index is 411. The summed E-state index contributed by atoms with van der Waals surface area (Å²) in [5.74, 6) is -0.985. The van der Waals surface area contributed by atoms with Crippen molar-refractivity contribution < 1.29 is 18.3 Å². The minimum absolute atomic E-state index is 0.176. The molecule has 2 atom stereocenters. The second-order valence-corrected chi connectivity index (χ2v) is 6.31. The first-order chi connectivity index (χ1) is 7.46. The highest BCUT2D eigenvalue weighted by atomic mass is 32.2. The summed E-state index contributed by atoms with van der Waals surface area (Å²) < 4.78 is 25.8. The van der Waals surface area contributed by atoms with E-state index in [1.165, 1.54) is 0 Å². The van der Waals surface area contributed by atoms with Crippen molar-refractivity contribution in [3.63, 3.8) is 0 Å². The Morgan fingerprint density at radius 2 is 2.06 bits per heavy atom. The molecular weight excluding hydrogens is 230 g/mol. The normalized spacial score (nSPS) is 29.5. The van der Waals surface area contributed by atoms with E-state index in [1.54, 1.807) is 12.2 Å². The van der Waals surface area contributed by atoms with Gasteiger partial charge < -0.3 is 5.11 Å². The maximum absolute atomic E-state index is 11.6. The van der Waals surface area contributed by atoms with Crippen molar-refractivity contribution in [3.8, 4) is 0 Å². The minimum Gasteiger partial charge on any atom is -0.481 e. The molecule has 2 unspecified atom stereocenters. The lowest BCUT2D eigenvalue weighted by Gasteiger charge is -2.12. The quantitative estimate of drug-likeness (QED) is 0.684. The average molecular weight is 245 g/mol. The predicted molar refractivity (Wildman–Crippen MR) is 58.3 cm³/mol. The molecule has 6 heteroatoms. The SMILES string of the molecule is O=C(O)C1C=CC(NS(=O)(=O)CC2CC2)C1. The summed E-state index contributed by atoms with van der Waals surface area (Å²) in [7, 11) is -3.25. The Morgan fingerprint density at radius 3 is 2.56 bits per heavy atom. The summed E-state index contributed by atoms with van der Waals surface area (Å²) in [6, 6.07) is -0.357. The number of nitrogens with one attached hydrogen (secondary N) is 1. The van der Waals surface area contributed by atoms with Gasteiger partial charge in [-0.05, 0) is 25.2 Å². The van der Waals surface area contributed by atoms with Crippen LogP contribution in [0, 0.1) is 11.8 Å². The molecule has 16 heavy (non-hydrogen) atoms. The molecule has 0 aromatic carbocycles. The molecule has 0 aromatic heterocycles. The van der Waals surface area contributed by atoms with Gasteiger partial charge in [-0.1, -0.05) is 12.2 Å². The van der Waals surface area contributed by atoms with Gasteiger partial charge in [0.1, 0.15) is 0 Å². The van der Waals surface area contributed by atoms with Gasteiger partial charge in [0.2, 0.25) is 10.0 Å². The third kappa shape index (κ3) is 3.05. The highest BCUT2D eigenvalue weighted by Crippen LogP contribution is 2.30.